The zero-order chi connectivity index (χ0) is 6.53. The number of ether oxygens (including phenoxy) is 1. The van der Waals surface area contributed by atoms with Crippen molar-refractivity contribution in [1.82, 2.24) is 0 Å². The van der Waals surface area contributed by atoms with Gasteiger partial charge in [-0.25, -0.2) is 0 Å². The van der Waals surface area contributed by atoms with E-state index in [0.717, 1.165) is 25.6 Å². The zero-order valence-electron chi connectivity index (χ0n) is 5.60. The van der Waals surface area contributed by atoms with E-state index in [4.69, 9.17) is 11.2 Å². The smallest absolute Gasteiger partial charge is 0.0516 e. The molecule has 0 saturated carbocycles. The van der Waals surface area contributed by atoms with Gasteiger partial charge < -0.3 is 4.74 Å². The number of hydrogen-bond acceptors (Lipinski definition) is 1. The largest absolute Gasteiger partial charge is 0.381 e. The van der Waals surface area contributed by atoms with Crippen LogP contribution in [0.2, 0.25) is 0 Å². The lowest BCUT2D eigenvalue weighted by Crippen LogP contribution is -2.27. The summed E-state index contributed by atoms with van der Waals surface area (Å²) in [6.07, 6.45) is 8.45. The normalized spacial score (nSPS) is 18.6. The second kappa shape index (κ2) is 3.53. The number of terminal acetylenes is 1. The van der Waals surface area contributed by atoms with E-state index in [-0.39, 0.29) is 0 Å². The summed E-state index contributed by atoms with van der Waals surface area (Å²) in [5.74, 6) is 3.45. The molecule has 0 unspecified atom stereocenters. The molecule has 0 spiro atoms. The molecule has 1 rings (SSSR count). The summed E-state index contributed by atoms with van der Waals surface area (Å²) in [6.45, 7) is 1.93. The molecule has 0 aromatic rings. The Morgan fingerprint density at radius 3 is 2.78 bits per heavy atom. The molecule has 0 aromatic carbocycles. The molecule has 0 N–H and O–H groups in total. The van der Waals surface area contributed by atoms with Crippen LogP contribution in [0.3, 0.4) is 0 Å². The molecule has 1 fully saturated rings. The summed E-state index contributed by atoms with van der Waals surface area (Å²) in [5.41, 5.74) is 0. The third-order valence-electron chi connectivity index (χ3n) is 1.64. The van der Waals surface area contributed by atoms with Crippen molar-refractivity contribution in [2.24, 2.45) is 5.92 Å². The highest BCUT2D eigenvalue weighted by Gasteiger charge is 2.16. The van der Waals surface area contributed by atoms with E-state index in [1.165, 1.54) is 12.8 Å². The molecule has 0 aliphatic carbocycles. The minimum Gasteiger partial charge on any atom is -0.381 e. The Kier molecular flexibility index (Phi) is 2.60. The Labute approximate surface area is 56.4 Å². The Hall–Kier alpha value is -0.480. The monoisotopic (exact) mass is 124 g/mol. The molecule has 1 saturated heterocycles. The van der Waals surface area contributed by atoms with Gasteiger partial charge in [0.2, 0.25) is 0 Å². The van der Waals surface area contributed by atoms with E-state index in [1.54, 1.807) is 0 Å². The van der Waals surface area contributed by atoms with Crippen LogP contribution < -0.4 is 0 Å². The molecule has 0 radical (unpaired) electrons. The standard InChI is InChI=1S/C8H12O/c1-2-3-4-5-8-6-9-7-8/h1,8H,3-7H2. The van der Waals surface area contributed by atoms with Crippen LogP contribution in [0.4, 0.5) is 0 Å². The fourth-order valence-corrected chi connectivity index (χ4v) is 0.944. The van der Waals surface area contributed by atoms with Gasteiger partial charge >= 0.3 is 0 Å². The quantitative estimate of drug-likeness (QED) is 0.408. The predicted molar refractivity (Wildman–Crippen MR) is 37.0 cm³/mol. The molecule has 0 atom stereocenters. The van der Waals surface area contributed by atoms with E-state index in [0.29, 0.717) is 0 Å². The Bertz CT molecular complexity index is 108. The van der Waals surface area contributed by atoms with Crippen molar-refractivity contribution < 1.29 is 4.74 Å². The van der Waals surface area contributed by atoms with Crippen LogP contribution in [0.25, 0.3) is 0 Å². The van der Waals surface area contributed by atoms with Crippen molar-refractivity contribution in [1.29, 1.82) is 0 Å². The van der Waals surface area contributed by atoms with Crippen LogP contribution in [-0.2, 0) is 4.74 Å². The maximum atomic E-state index is 5.09. The molecule has 0 aromatic heterocycles. The molecule has 50 valence electrons. The van der Waals surface area contributed by atoms with Gasteiger partial charge in [0.25, 0.3) is 0 Å². The van der Waals surface area contributed by atoms with Gasteiger partial charge in [-0.2, -0.15) is 0 Å². The maximum absolute atomic E-state index is 5.09. The lowest BCUT2D eigenvalue weighted by Gasteiger charge is -2.25. The summed E-state index contributed by atoms with van der Waals surface area (Å²) >= 11 is 0. The first-order chi connectivity index (χ1) is 4.43. The average Bonchev–Trinajstić information content (AvgIpc) is 1.76. The lowest BCUT2D eigenvalue weighted by atomic mass is 10.0. The van der Waals surface area contributed by atoms with E-state index < -0.39 is 0 Å². The predicted octanol–water partition coefficient (Wildman–Crippen LogP) is 1.44. The summed E-state index contributed by atoms with van der Waals surface area (Å²) in [4.78, 5) is 0. The molecule has 1 aliphatic rings. The van der Waals surface area contributed by atoms with E-state index in [1.807, 2.05) is 0 Å². The van der Waals surface area contributed by atoms with Crippen molar-refractivity contribution in [2.45, 2.75) is 19.3 Å². The van der Waals surface area contributed by atoms with Crippen molar-refractivity contribution in [2.75, 3.05) is 13.2 Å². The van der Waals surface area contributed by atoms with Gasteiger partial charge in [-0.3, -0.25) is 0 Å². The van der Waals surface area contributed by atoms with Gasteiger partial charge in [-0.05, 0) is 12.8 Å². The van der Waals surface area contributed by atoms with Gasteiger partial charge in [0.1, 0.15) is 0 Å². The highest BCUT2D eigenvalue weighted by molar-refractivity contribution is 4.83. The Balaban J connectivity index is 1.87. The first kappa shape index (κ1) is 6.64. The highest BCUT2D eigenvalue weighted by Crippen LogP contribution is 2.16. The summed E-state index contributed by atoms with van der Waals surface area (Å²) in [7, 11) is 0. The third kappa shape index (κ3) is 2.07. The van der Waals surface area contributed by atoms with Crippen LogP contribution in [0, 0.1) is 18.3 Å². The average molecular weight is 124 g/mol. The Morgan fingerprint density at radius 2 is 2.33 bits per heavy atom. The molecular formula is C8H12O. The summed E-state index contributed by atoms with van der Waals surface area (Å²) < 4.78 is 5.01. The maximum Gasteiger partial charge on any atom is 0.0516 e. The molecule has 1 heteroatoms. The summed E-state index contributed by atoms with van der Waals surface area (Å²) in [6, 6.07) is 0. The molecular weight excluding hydrogens is 112 g/mol. The first-order valence-electron chi connectivity index (χ1n) is 3.44. The van der Waals surface area contributed by atoms with Crippen LogP contribution in [0.15, 0.2) is 0 Å². The van der Waals surface area contributed by atoms with Gasteiger partial charge in [0.15, 0.2) is 0 Å². The van der Waals surface area contributed by atoms with E-state index in [9.17, 15) is 0 Å². The van der Waals surface area contributed by atoms with Crippen LogP contribution in [-0.4, -0.2) is 13.2 Å². The SMILES string of the molecule is C#CCCCC1COC1. The van der Waals surface area contributed by atoms with E-state index >= 15 is 0 Å². The van der Waals surface area contributed by atoms with Crippen molar-refractivity contribution in [3.05, 3.63) is 0 Å². The first-order valence-corrected chi connectivity index (χ1v) is 3.44. The fourth-order valence-electron chi connectivity index (χ4n) is 0.944. The lowest BCUT2D eigenvalue weighted by molar-refractivity contribution is -0.0360. The van der Waals surface area contributed by atoms with Crippen LogP contribution in [0.1, 0.15) is 19.3 Å². The van der Waals surface area contributed by atoms with Crippen molar-refractivity contribution >= 4 is 0 Å². The number of hydrogen-bond donors (Lipinski definition) is 0. The van der Waals surface area contributed by atoms with Gasteiger partial charge in [-0.15, -0.1) is 12.3 Å². The molecule has 0 bridgehead atoms. The Morgan fingerprint density at radius 1 is 1.56 bits per heavy atom. The van der Waals surface area contributed by atoms with Gasteiger partial charge in [0.05, 0.1) is 13.2 Å². The molecule has 9 heavy (non-hydrogen) atoms. The van der Waals surface area contributed by atoms with Crippen LogP contribution in [0.5, 0.6) is 0 Å². The van der Waals surface area contributed by atoms with Gasteiger partial charge in [0, 0.05) is 12.3 Å². The minimum absolute atomic E-state index is 0.818. The number of unbranched alkanes of at least 4 members (excludes halogenated alkanes) is 1. The molecule has 1 heterocycles. The zero-order valence-corrected chi connectivity index (χ0v) is 5.60. The van der Waals surface area contributed by atoms with Crippen LogP contribution >= 0.6 is 0 Å². The van der Waals surface area contributed by atoms with E-state index in [2.05, 4.69) is 5.92 Å². The second-order valence-corrected chi connectivity index (χ2v) is 2.50. The van der Waals surface area contributed by atoms with Crippen molar-refractivity contribution in [3.63, 3.8) is 0 Å². The minimum atomic E-state index is 0.818. The van der Waals surface area contributed by atoms with Crippen molar-refractivity contribution in [3.8, 4) is 12.3 Å². The van der Waals surface area contributed by atoms with Gasteiger partial charge in [-0.1, -0.05) is 0 Å². The number of rotatable bonds is 3. The topological polar surface area (TPSA) is 9.23 Å². The molecule has 1 aliphatic heterocycles. The second-order valence-electron chi connectivity index (χ2n) is 2.50. The molecule has 0 amide bonds. The summed E-state index contributed by atoms with van der Waals surface area (Å²) in [5, 5.41) is 0. The fraction of sp³-hybridized carbons (Fsp3) is 0.750. The highest BCUT2D eigenvalue weighted by atomic mass is 16.5. The molecule has 1 nitrogen and oxygen atoms in total. The third-order valence-corrected chi connectivity index (χ3v) is 1.64.